The number of nitrogens with two attached hydrogens (primary N) is 1. The molecule has 1 fully saturated rings. The van der Waals surface area contributed by atoms with Gasteiger partial charge in [-0.2, -0.15) is 0 Å². The predicted octanol–water partition coefficient (Wildman–Crippen LogP) is -2.01. The number of hydrogen-bond acceptors (Lipinski definition) is 9. The summed E-state index contributed by atoms with van der Waals surface area (Å²) < 4.78 is 12.2. The summed E-state index contributed by atoms with van der Waals surface area (Å²) >= 11 is 0. The van der Waals surface area contributed by atoms with Crippen molar-refractivity contribution >= 4 is 17.0 Å². The molecule has 21 heavy (non-hydrogen) atoms. The lowest BCUT2D eigenvalue weighted by molar-refractivity contribution is -0.116. The van der Waals surface area contributed by atoms with Crippen molar-refractivity contribution in [1.82, 2.24) is 19.5 Å². The van der Waals surface area contributed by atoms with Crippen molar-refractivity contribution in [2.45, 2.75) is 24.5 Å². The van der Waals surface area contributed by atoms with E-state index in [0.29, 0.717) is 11.2 Å². The summed E-state index contributed by atoms with van der Waals surface area (Å²) in [6.45, 7) is -0.976. The molecule has 4 atom stereocenters. The van der Waals surface area contributed by atoms with Crippen LogP contribution in [0.2, 0.25) is 0 Å². The second kappa shape index (κ2) is 5.50. The van der Waals surface area contributed by atoms with Crippen LogP contribution in [0.4, 0.5) is 5.82 Å². The Labute approximate surface area is 118 Å². The third-order valence-corrected chi connectivity index (χ3v) is 3.42. The molecule has 2 aromatic heterocycles. The lowest BCUT2D eigenvalue weighted by Gasteiger charge is -2.20. The van der Waals surface area contributed by atoms with E-state index in [1.165, 1.54) is 17.2 Å². The van der Waals surface area contributed by atoms with Crippen LogP contribution in [0, 0.1) is 0 Å². The van der Waals surface area contributed by atoms with Gasteiger partial charge in [0.25, 0.3) is 0 Å². The molecular formula is C11H15N5O5. The van der Waals surface area contributed by atoms with Gasteiger partial charge in [-0.15, -0.1) is 0 Å². The lowest BCUT2D eigenvalue weighted by Crippen LogP contribution is -2.35. The zero-order chi connectivity index (χ0) is 15.0. The van der Waals surface area contributed by atoms with Gasteiger partial charge in [0, 0.05) is 0 Å². The fourth-order valence-corrected chi connectivity index (χ4v) is 2.42. The second-order valence-corrected chi connectivity index (χ2v) is 4.58. The van der Waals surface area contributed by atoms with E-state index in [9.17, 15) is 10.2 Å². The molecule has 1 saturated heterocycles. The van der Waals surface area contributed by atoms with Gasteiger partial charge in [0.2, 0.25) is 0 Å². The molecule has 0 bridgehead atoms. The average molecular weight is 297 g/mol. The first kappa shape index (κ1) is 14.1. The monoisotopic (exact) mass is 297 g/mol. The number of nitrogen functional groups attached to an aromatic ring is 1. The van der Waals surface area contributed by atoms with Crippen LogP contribution in [-0.2, 0) is 9.47 Å². The lowest BCUT2D eigenvalue weighted by atomic mass is 10.1. The maximum atomic E-state index is 10.1. The fraction of sp³-hybridized carbons (Fsp3) is 0.545. The SMILES string of the molecule is Nc1ncnc2c1ncn2[C@@H]1O[C@H](CO)[C@H](O)[C@H]1OCO. The van der Waals surface area contributed by atoms with Crippen molar-refractivity contribution < 1.29 is 24.8 Å². The summed E-state index contributed by atoms with van der Waals surface area (Å²) in [4.78, 5) is 12.0. The van der Waals surface area contributed by atoms with Gasteiger partial charge in [0.05, 0.1) is 12.9 Å². The number of hydrogen-bond donors (Lipinski definition) is 4. The molecule has 0 radical (unpaired) electrons. The number of aliphatic hydroxyl groups is 3. The molecule has 0 aliphatic carbocycles. The molecule has 10 heteroatoms. The van der Waals surface area contributed by atoms with Gasteiger partial charge in [-0.05, 0) is 0 Å². The van der Waals surface area contributed by atoms with E-state index in [0.717, 1.165) is 0 Å². The number of aromatic nitrogens is 4. The average Bonchev–Trinajstić information content (AvgIpc) is 3.03. The Hall–Kier alpha value is -1.85. The molecule has 3 heterocycles. The predicted molar refractivity (Wildman–Crippen MR) is 68.7 cm³/mol. The van der Waals surface area contributed by atoms with Crippen molar-refractivity contribution in [2.75, 3.05) is 19.1 Å². The highest BCUT2D eigenvalue weighted by atomic mass is 16.6. The molecule has 0 amide bonds. The van der Waals surface area contributed by atoms with Crippen LogP contribution in [0.15, 0.2) is 12.7 Å². The minimum absolute atomic E-state index is 0.218. The molecule has 5 N–H and O–H groups in total. The van der Waals surface area contributed by atoms with Crippen LogP contribution in [0.5, 0.6) is 0 Å². The van der Waals surface area contributed by atoms with Crippen LogP contribution in [-0.4, -0.2) is 66.6 Å². The van der Waals surface area contributed by atoms with E-state index < -0.39 is 31.3 Å². The maximum absolute atomic E-state index is 10.1. The van der Waals surface area contributed by atoms with Gasteiger partial charge in [0.1, 0.15) is 36.9 Å². The summed E-state index contributed by atoms with van der Waals surface area (Å²) in [6.07, 6.45) is -0.885. The van der Waals surface area contributed by atoms with Gasteiger partial charge in [-0.3, -0.25) is 4.57 Å². The molecule has 0 aromatic carbocycles. The number of imidazole rings is 1. The van der Waals surface area contributed by atoms with Gasteiger partial charge in [0.15, 0.2) is 17.7 Å². The zero-order valence-electron chi connectivity index (χ0n) is 10.9. The Kier molecular flexibility index (Phi) is 3.69. The van der Waals surface area contributed by atoms with E-state index in [4.69, 9.17) is 20.3 Å². The number of anilines is 1. The number of nitrogens with zero attached hydrogens (tertiary/aromatic N) is 4. The molecule has 0 unspecified atom stereocenters. The number of ether oxygens (including phenoxy) is 2. The Morgan fingerprint density at radius 3 is 2.86 bits per heavy atom. The third kappa shape index (κ3) is 2.22. The first-order valence-electron chi connectivity index (χ1n) is 6.27. The van der Waals surface area contributed by atoms with Crippen molar-refractivity contribution in [3.63, 3.8) is 0 Å². The van der Waals surface area contributed by atoms with Crippen molar-refractivity contribution in [1.29, 1.82) is 0 Å². The molecular weight excluding hydrogens is 282 g/mol. The van der Waals surface area contributed by atoms with Gasteiger partial charge in [-0.25, -0.2) is 15.0 Å². The van der Waals surface area contributed by atoms with Crippen LogP contribution in [0.25, 0.3) is 11.2 Å². The molecule has 10 nitrogen and oxygen atoms in total. The molecule has 1 aliphatic rings. The van der Waals surface area contributed by atoms with Gasteiger partial charge >= 0.3 is 0 Å². The summed E-state index contributed by atoms with van der Waals surface area (Å²) in [5.74, 6) is 0.218. The van der Waals surface area contributed by atoms with Crippen molar-refractivity contribution in [3.05, 3.63) is 12.7 Å². The largest absolute Gasteiger partial charge is 0.394 e. The topological polar surface area (TPSA) is 149 Å². The fourth-order valence-electron chi connectivity index (χ4n) is 2.42. The zero-order valence-corrected chi connectivity index (χ0v) is 10.9. The smallest absolute Gasteiger partial charge is 0.167 e. The summed E-state index contributed by atoms with van der Waals surface area (Å²) in [5, 5.41) is 28.2. The van der Waals surface area contributed by atoms with Crippen molar-refractivity contribution in [2.24, 2.45) is 0 Å². The highest BCUT2D eigenvalue weighted by molar-refractivity contribution is 5.81. The standard InChI is InChI=1S/C11H15N5O5/c12-9-6-10(14-2-13-9)16(3-15-6)11-8(20-4-18)7(19)5(1-17)21-11/h2-3,5,7-8,11,17-19H,1,4H2,(H2,12,13,14)/t5-,7+,8-,11-/m1/s1. The van der Waals surface area contributed by atoms with Crippen LogP contribution in [0.3, 0.4) is 0 Å². The van der Waals surface area contributed by atoms with Crippen LogP contribution < -0.4 is 5.73 Å². The minimum atomic E-state index is -1.09. The Bertz CT molecular complexity index is 634. The van der Waals surface area contributed by atoms with Gasteiger partial charge < -0.3 is 30.5 Å². The molecule has 3 rings (SSSR count). The number of aliphatic hydroxyl groups excluding tert-OH is 3. The Morgan fingerprint density at radius 2 is 2.14 bits per heavy atom. The molecule has 0 saturated carbocycles. The van der Waals surface area contributed by atoms with Gasteiger partial charge in [-0.1, -0.05) is 0 Å². The number of fused-ring (bicyclic) bond motifs is 1. The summed E-state index contributed by atoms with van der Waals surface area (Å²) in [7, 11) is 0. The molecule has 114 valence electrons. The molecule has 1 aliphatic heterocycles. The first-order valence-corrected chi connectivity index (χ1v) is 6.27. The summed E-state index contributed by atoms with van der Waals surface area (Å²) in [5.41, 5.74) is 6.52. The summed E-state index contributed by atoms with van der Waals surface area (Å²) in [6, 6.07) is 0. The molecule has 2 aromatic rings. The van der Waals surface area contributed by atoms with Crippen LogP contribution >= 0.6 is 0 Å². The normalized spacial score (nSPS) is 29.3. The third-order valence-electron chi connectivity index (χ3n) is 3.42. The van der Waals surface area contributed by atoms with E-state index in [2.05, 4.69) is 15.0 Å². The Balaban J connectivity index is 2.02. The van der Waals surface area contributed by atoms with E-state index >= 15 is 0 Å². The highest BCUT2D eigenvalue weighted by Crippen LogP contribution is 2.33. The van der Waals surface area contributed by atoms with Crippen molar-refractivity contribution in [3.8, 4) is 0 Å². The van der Waals surface area contributed by atoms with E-state index in [1.807, 2.05) is 0 Å². The molecule has 0 spiro atoms. The first-order chi connectivity index (χ1) is 10.2. The number of rotatable bonds is 4. The van der Waals surface area contributed by atoms with E-state index in [-0.39, 0.29) is 12.4 Å². The minimum Gasteiger partial charge on any atom is -0.394 e. The quantitative estimate of drug-likeness (QED) is 0.470. The van der Waals surface area contributed by atoms with E-state index in [1.54, 1.807) is 0 Å². The maximum Gasteiger partial charge on any atom is 0.167 e. The Morgan fingerprint density at radius 1 is 1.33 bits per heavy atom. The highest BCUT2D eigenvalue weighted by Gasteiger charge is 2.45. The van der Waals surface area contributed by atoms with Crippen LogP contribution in [0.1, 0.15) is 6.23 Å². The second-order valence-electron chi connectivity index (χ2n) is 4.58.